The van der Waals surface area contributed by atoms with E-state index in [-0.39, 0.29) is 5.60 Å². The highest BCUT2D eigenvalue weighted by Gasteiger charge is 2.43. The molecule has 0 saturated heterocycles. The number of carbonyl (C=O) groups is 1. The van der Waals surface area contributed by atoms with Crippen LogP contribution in [0.1, 0.15) is 121 Å². The van der Waals surface area contributed by atoms with E-state index in [1.807, 2.05) is 13.8 Å². The highest BCUT2D eigenvalue weighted by atomic mass is 31.2. The van der Waals surface area contributed by atoms with Gasteiger partial charge in [0.25, 0.3) is 0 Å². The van der Waals surface area contributed by atoms with Crippen molar-refractivity contribution in [1.82, 2.24) is 0 Å². The average molecular weight is 687 g/mol. The Morgan fingerprint density at radius 3 is 2.00 bits per heavy atom. The Kier molecular flexibility index (Phi) is 15.6. The summed E-state index contributed by atoms with van der Waals surface area (Å²) in [5.74, 6) is 0.676. The van der Waals surface area contributed by atoms with Crippen molar-refractivity contribution in [2.24, 2.45) is 17.8 Å². The third kappa shape index (κ3) is 12.3. The first-order valence-electron chi connectivity index (χ1n) is 17.0. The summed E-state index contributed by atoms with van der Waals surface area (Å²) in [6.45, 7) is 17.1. The van der Waals surface area contributed by atoms with E-state index in [4.69, 9.17) is 29.8 Å². The number of benzene rings is 1. The Morgan fingerprint density at radius 1 is 0.915 bits per heavy atom. The molecule has 6 N–H and O–H groups in total. The van der Waals surface area contributed by atoms with E-state index in [2.05, 4.69) is 50.8 Å². The van der Waals surface area contributed by atoms with Crippen molar-refractivity contribution < 1.29 is 53.6 Å². The fourth-order valence-electron chi connectivity index (χ4n) is 6.31. The topological polar surface area (TPSA) is 183 Å². The molecule has 0 amide bonds. The fraction of sp³-hybridized carbons (Fsp3) is 0.743. The van der Waals surface area contributed by atoms with Crippen LogP contribution in [0.2, 0.25) is 0 Å². The van der Waals surface area contributed by atoms with Gasteiger partial charge in [-0.1, -0.05) is 72.6 Å². The molecule has 1 aromatic rings. The van der Waals surface area contributed by atoms with Gasteiger partial charge in [-0.05, 0) is 87.8 Å². The molecule has 0 bridgehead atoms. The van der Waals surface area contributed by atoms with E-state index in [0.29, 0.717) is 5.75 Å². The van der Waals surface area contributed by atoms with Crippen molar-refractivity contribution >= 4 is 13.8 Å². The van der Waals surface area contributed by atoms with E-state index in [0.717, 1.165) is 59.5 Å². The van der Waals surface area contributed by atoms with Crippen LogP contribution in [0.3, 0.4) is 0 Å². The summed E-state index contributed by atoms with van der Waals surface area (Å²) in [6.07, 6.45) is 10.7. The lowest BCUT2D eigenvalue weighted by Gasteiger charge is -2.38. The van der Waals surface area contributed by atoms with Crippen LogP contribution in [0, 0.1) is 38.5 Å². The van der Waals surface area contributed by atoms with Gasteiger partial charge >= 0.3 is 13.8 Å². The zero-order valence-corrected chi connectivity index (χ0v) is 30.4. The summed E-state index contributed by atoms with van der Waals surface area (Å²) >= 11 is 0. The van der Waals surface area contributed by atoms with Gasteiger partial charge in [-0.15, -0.1) is 0 Å². The van der Waals surface area contributed by atoms with Gasteiger partial charge in [0.15, 0.2) is 6.10 Å². The number of cyclic esters (lactones) is 1. The van der Waals surface area contributed by atoms with Crippen LogP contribution in [0.25, 0.3) is 0 Å². The zero-order chi connectivity index (χ0) is 35.7. The minimum absolute atomic E-state index is 0.0712. The summed E-state index contributed by atoms with van der Waals surface area (Å²) < 4.78 is 25.5. The van der Waals surface area contributed by atoms with Crippen molar-refractivity contribution in [1.29, 1.82) is 0 Å². The van der Waals surface area contributed by atoms with E-state index < -0.39 is 44.1 Å². The summed E-state index contributed by atoms with van der Waals surface area (Å²) in [5, 5.41) is 37.2. The predicted molar refractivity (Wildman–Crippen MR) is 180 cm³/mol. The second-order valence-electron chi connectivity index (χ2n) is 14.3. The highest BCUT2D eigenvalue weighted by molar-refractivity contribution is 7.46. The molecule has 0 fully saturated rings. The van der Waals surface area contributed by atoms with Gasteiger partial charge in [0.1, 0.15) is 23.2 Å². The second-order valence-corrected chi connectivity index (χ2v) is 15.5. The third-order valence-corrected chi connectivity index (χ3v) is 9.97. The summed E-state index contributed by atoms with van der Waals surface area (Å²) in [5.41, 5.74) is 4.23. The number of phosphoric ester groups is 1. The number of aliphatic hydroxyl groups excluding tert-OH is 3. The maximum Gasteiger partial charge on any atom is 0.524 e. The number of aliphatic hydroxyl groups is 3. The monoisotopic (exact) mass is 686 g/mol. The van der Waals surface area contributed by atoms with Gasteiger partial charge in [-0.3, -0.25) is 9.79 Å². The number of phenols is 1. The molecule has 5 atom stereocenters. The molecule has 3 rings (SSSR count). The van der Waals surface area contributed by atoms with Gasteiger partial charge in [0, 0.05) is 5.56 Å². The molecular formula is C35H59O11P. The summed E-state index contributed by atoms with van der Waals surface area (Å²) in [7, 11) is -5.01. The number of hydrogen-bond donors (Lipinski definition) is 6. The lowest BCUT2D eigenvalue weighted by atomic mass is 9.84. The summed E-state index contributed by atoms with van der Waals surface area (Å²) in [6, 6.07) is 0. The number of esters is 1. The fourth-order valence-corrected chi connectivity index (χ4v) is 6.75. The van der Waals surface area contributed by atoms with Crippen molar-refractivity contribution in [3.05, 3.63) is 33.8 Å². The molecule has 0 unspecified atom stereocenters. The molecule has 0 aliphatic carbocycles. The number of aromatic hydroxyl groups is 1. The van der Waals surface area contributed by atoms with Gasteiger partial charge in [0.05, 0.1) is 6.61 Å². The maximum atomic E-state index is 10.8. The zero-order valence-electron chi connectivity index (χ0n) is 29.5. The number of carbonyl (C=O) groups excluding carboxylic acids is 1. The standard InChI is InChI=1S/C29H50O2.C6H9O9P/c1-20(2)12-9-13-21(3)14-10-15-22(4)16-11-18-29(8)19-17-26-25(7)27(30)23(5)24(6)28(26)31-29;7-1-2(8)4-5(15-16(11,12)13)3(9)6(10)14-4/h20-22,30H,9-19H2,1-8H3;2,4,7-9H,1H2,(H2,11,12,13)/t21-,22-,29-;2-,4+/m10/s1. The minimum atomic E-state index is -5.01. The average Bonchev–Trinajstić information content (AvgIpc) is 3.26. The number of fused-ring (bicyclic) bond motifs is 1. The largest absolute Gasteiger partial charge is 0.524 e. The van der Waals surface area contributed by atoms with Crippen LogP contribution in [0.5, 0.6) is 11.5 Å². The van der Waals surface area contributed by atoms with Crippen molar-refractivity contribution in [2.75, 3.05) is 6.61 Å². The normalized spacial score (nSPS) is 21.4. The third-order valence-electron chi connectivity index (χ3n) is 9.54. The molecule has 0 spiro atoms. The molecule has 12 heteroatoms. The minimum Gasteiger partial charge on any atom is -0.507 e. The molecular weight excluding hydrogens is 627 g/mol. The quantitative estimate of drug-likeness (QED) is 0.0779. The van der Waals surface area contributed by atoms with E-state index in [1.54, 1.807) is 0 Å². The highest BCUT2D eigenvalue weighted by Crippen LogP contribution is 2.45. The van der Waals surface area contributed by atoms with E-state index >= 15 is 0 Å². The van der Waals surface area contributed by atoms with E-state index in [1.165, 1.54) is 56.9 Å². The van der Waals surface area contributed by atoms with Gasteiger partial charge in [-0.2, -0.15) is 0 Å². The molecule has 2 heterocycles. The Labute approximate surface area is 280 Å². The molecule has 2 aliphatic heterocycles. The Balaban J connectivity index is 0.000000403. The van der Waals surface area contributed by atoms with Crippen LogP contribution in [0.4, 0.5) is 0 Å². The van der Waals surface area contributed by atoms with E-state index in [9.17, 15) is 14.5 Å². The van der Waals surface area contributed by atoms with Crippen LogP contribution in [-0.2, 0) is 25.0 Å². The lowest BCUT2D eigenvalue weighted by molar-refractivity contribution is -0.147. The van der Waals surface area contributed by atoms with Crippen molar-refractivity contribution in [2.45, 2.75) is 144 Å². The molecule has 270 valence electrons. The Bertz CT molecular complexity index is 1270. The van der Waals surface area contributed by atoms with Crippen molar-refractivity contribution in [3.63, 3.8) is 0 Å². The van der Waals surface area contributed by atoms with Crippen LogP contribution < -0.4 is 4.74 Å². The molecule has 1 aromatic carbocycles. The number of rotatable bonds is 16. The van der Waals surface area contributed by atoms with Gasteiger partial charge < -0.3 is 34.4 Å². The van der Waals surface area contributed by atoms with Crippen molar-refractivity contribution in [3.8, 4) is 11.5 Å². The summed E-state index contributed by atoms with van der Waals surface area (Å²) in [4.78, 5) is 27.8. The van der Waals surface area contributed by atoms with Gasteiger partial charge in [-0.25, -0.2) is 9.36 Å². The molecule has 47 heavy (non-hydrogen) atoms. The first-order chi connectivity index (χ1) is 21.8. The first kappa shape index (κ1) is 40.9. The molecule has 0 saturated carbocycles. The lowest BCUT2D eigenvalue weighted by Crippen LogP contribution is -2.37. The second kappa shape index (κ2) is 17.9. The number of ether oxygens (including phenoxy) is 2. The smallest absolute Gasteiger partial charge is 0.507 e. The van der Waals surface area contributed by atoms with Crippen LogP contribution in [-0.4, -0.2) is 60.6 Å². The molecule has 2 aliphatic rings. The molecule has 11 nitrogen and oxygen atoms in total. The van der Waals surface area contributed by atoms with Gasteiger partial charge in [0.2, 0.25) is 11.5 Å². The SMILES string of the molecule is Cc1c(C)c2c(c(C)c1O)CC[C@@](C)(CCC[C@H](C)CCC[C@H](C)CCCC(C)C)O2.O=C1O[C@H]([C@@H](O)CO)C(OP(=O)(O)O)=C1O. The number of phosphoric acid groups is 1. The first-order valence-corrected chi connectivity index (χ1v) is 18.5. The molecule has 0 aromatic heterocycles. The Hall–Kier alpha value is -2.30. The Morgan fingerprint density at radius 2 is 1.47 bits per heavy atom. The predicted octanol–water partition coefficient (Wildman–Crippen LogP) is 6.98. The van der Waals surface area contributed by atoms with Crippen LogP contribution in [0.15, 0.2) is 11.5 Å². The number of phenolic OH excluding ortho intramolecular Hbond substituents is 1. The molecule has 0 radical (unpaired) electrons. The maximum absolute atomic E-state index is 10.8. The van der Waals surface area contributed by atoms with Crippen LogP contribution >= 0.6 is 7.82 Å². The number of hydrogen-bond acceptors (Lipinski definition) is 9.